The van der Waals surface area contributed by atoms with E-state index in [1.165, 1.54) is 7.05 Å². The van der Waals surface area contributed by atoms with Gasteiger partial charge in [0.1, 0.15) is 5.65 Å². The lowest BCUT2D eigenvalue weighted by Gasteiger charge is -2.11. The van der Waals surface area contributed by atoms with Crippen LogP contribution in [-0.4, -0.2) is 14.1 Å². The van der Waals surface area contributed by atoms with Crippen molar-refractivity contribution in [3.63, 3.8) is 0 Å². The second-order valence-corrected chi connectivity index (χ2v) is 4.39. The minimum absolute atomic E-state index is 0.249. The van der Waals surface area contributed by atoms with Gasteiger partial charge in [0.2, 0.25) is 0 Å². The fraction of sp³-hybridized carbons (Fsp3) is 0.455. The molecule has 0 spiro atoms. The van der Waals surface area contributed by atoms with Crippen LogP contribution in [0.15, 0.2) is 21.9 Å². The van der Waals surface area contributed by atoms with Crippen molar-refractivity contribution in [2.24, 2.45) is 13.0 Å². The first-order valence-corrected chi connectivity index (χ1v) is 5.29. The maximum atomic E-state index is 11.9. The van der Waals surface area contributed by atoms with Crippen LogP contribution in [0.2, 0.25) is 0 Å². The smallest absolute Gasteiger partial charge is 0.332 e. The van der Waals surface area contributed by atoms with E-state index in [1.807, 2.05) is 13.8 Å². The maximum absolute atomic E-state index is 11.9. The molecule has 0 aliphatic heterocycles. The van der Waals surface area contributed by atoms with Crippen LogP contribution >= 0.6 is 0 Å². The topological polar surface area (TPSA) is 59.8 Å². The van der Waals surface area contributed by atoms with Gasteiger partial charge in [-0.3, -0.25) is 13.9 Å². The van der Waals surface area contributed by atoms with Crippen LogP contribution in [0.5, 0.6) is 0 Å². The van der Waals surface area contributed by atoms with Crippen molar-refractivity contribution in [3.8, 4) is 0 Å². The van der Waals surface area contributed by atoms with E-state index in [0.29, 0.717) is 23.5 Å². The van der Waals surface area contributed by atoms with Crippen molar-refractivity contribution >= 4 is 11.0 Å². The molecule has 5 nitrogen and oxygen atoms in total. The highest BCUT2D eigenvalue weighted by Gasteiger charge is 2.11. The number of aromatic nitrogens is 3. The van der Waals surface area contributed by atoms with Crippen LogP contribution in [-0.2, 0) is 13.6 Å². The highest BCUT2D eigenvalue weighted by atomic mass is 16.2. The predicted molar refractivity (Wildman–Crippen MR) is 62.6 cm³/mol. The Labute approximate surface area is 92.3 Å². The molecule has 0 fully saturated rings. The number of rotatable bonds is 2. The molecule has 0 aliphatic rings. The summed E-state index contributed by atoms with van der Waals surface area (Å²) in [6, 6.07) is 1.70. The standard InChI is InChI=1S/C11H15N3O2/c1-7(2)6-14-9-8(4-5-12-9)10(15)13(3)11(14)16/h4-5,7,12H,6H2,1-3H3. The Bertz CT molecular complexity index is 631. The van der Waals surface area contributed by atoms with Gasteiger partial charge in [0.05, 0.1) is 5.39 Å². The molecule has 2 heterocycles. The fourth-order valence-corrected chi connectivity index (χ4v) is 1.84. The Hall–Kier alpha value is -1.78. The molecule has 0 bridgehead atoms. The second-order valence-electron chi connectivity index (χ2n) is 4.39. The molecule has 0 radical (unpaired) electrons. The van der Waals surface area contributed by atoms with Gasteiger partial charge in [-0.25, -0.2) is 4.79 Å². The van der Waals surface area contributed by atoms with E-state index in [0.717, 1.165) is 4.57 Å². The number of nitrogens with one attached hydrogen (secondary N) is 1. The molecule has 2 aromatic heterocycles. The quantitative estimate of drug-likeness (QED) is 0.810. The van der Waals surface area contributed by atoms with E-state index >= 15 is 0 Å². The molecule has 86 valence electrons. The molecule has 0 unspecified atom stereocenters. The summed E-state index contributed by atoms with van der Waals surface area (Å²) < 4.78 is 2.76. The Balaban J connectivity index is 2.86. The third kappa shape index (κ3) is 1.48. The normalized spacial score (nSPS) is 11.5. The summed E-state index contributed by atoms with van der Waals surface area (Å²) in [7, 11) is 1.51. The molecule has 2 rings (SSSR count). The third-order valence-corrected chi connectivity index (χ3v) is 2.60. The maximum Gasteiger partial charge on any atom is 0.332 e. The van der Waals surface area contributed by atoms with Crippen molar-refractivity contribution in [1.82, 2.24) is 14.1 Å². The van der Waals surface area contributed by atoms with Gasteiger partial charge in [-0.15, -0.1) is 0 Å². The van der Waals surface area contributed by atoms with Gasteiger partial charge in [-0.2, -0.15) is 0 Å². The van der Waals surface area contributed by atoms with Gasteiger partial charge >= 0.3 is 5.69 Å². The van der Waals surface area contributed by atoms with E-state index < -0.39 is 0 Å². The van der Waals surface area contributed by atoms with Gasteiger partial charge in [0.15, 0.2) is 0 Å². The summed E-state index contributed by atoms with van der Waals surface area (Å²) in [5.74, 6) is 0.349. The molecule has 1 N–H and O–H groups in total. The molecule has 5 heteroatoms. The average molecular weight is 221 g/mol. The highest BCUT2D eigenvalue weighted by Crippen LogP contribution is 2.06. The first kappa shape index (κ1) is 10.7. The van der Waals surface area contributed by atoms with Crippen LogP contribution in [0.3, 0.4) is 0 Å². The Morgan fingerprint density at radius 3 is 2.69 bits per heavy atom. The number of fused-ring (bicyclic) bond motifs is 1. The van der Waals surface area contributed by atoms with E-state index in [2.05, 4.69) is 4.98 Å². The van der Waals surface area contributed by atoms with Gasteiger partial charge < -0.3 is 4.98 Å². The lowest BCUT2D eigenvalue weighted by molar-refractivity contribution is 0.500. The van der Waals surface area contributed by atoms with Gasteiger partial charge in [-0.05, 0) is 12.0 Å². The number of hydrogen-bond acceptors (Lipinski definition) is 2. The first-order chi connectivity index (χ1) is 7.52. The van der Waals surface area contributed by atoms with Gasteiger partial charge in [0.25, 0.3) is 5.56 Å². The van der Waals surface area contributed by atoms with Crippen LogP contribution < -0.4 is 11.2 Å². The summed E-state index contributed by atoms with van der Waals surface area (Å²) in [5.41, 5.74) is 0.0942. The van der Waals surface area contributed by atoms with Gasteiger partial charge in [0, 0.05) is 19.8 Å². The molecule has 0 atom stereocenters. The lowest BCUT2D eigenvalue weighted by atomic mass is 10.2. The Morgan fingerprint density at radius 2 is 2.06 bits per heavy atom. The number of aromatic amines is 1. The minimum Gasteiger partial charge on any atom is -0.347 e. The van der Waals surface area contributed by atoms with Gasteiger partial charge in [-0.1, -0.05) is 13.8 Å². The van der Waals surface area contributed by atoms with Crippen molar-refractivity contribution in [2.75, 3.05) is 0 Å². The molecular weight excluding hydrogens is 206 g/mol. The van der Waals surface area contributed by atoms with Crippen LogP contribution in [0.25, 0.3) is 11.0 Å². The zero-order chi connectivity index (χ0) is 11.9. The Kier molecular flexibility index (Phi) is 2.46. The average Bonchev–Trinajstić information content (AvgIpc) is 2.69. The van der Waals surface area contributed by atoms with Crippen LogP contribution in [0.4, 0.5) is 0 Å². The minimum atomic E-state index is -0.270. The van der Waals surface area contributed by atoms with Crippen molar-refractivity contribution in [1.29, 1.82) is 0 Å². The predicted octanol–water partition coefficient (Wildman–Crippen LogP) is 0.684. The first-order valence-electron chi connectivity index (χ1n) is 5.29. The lowest BCUT2D eigenvalue weighted by Crippen LogP contribution is -2.38. The van der Waals surface area contributed by atoms with Crippen molar-refractivity contribution in [2.45, 2.75) is 20.4 Å². The zero-order valence-corrected chi connectivity index (χ0v) is 9.65. The molecular formula is C11H15N3O2. The Morgan fingerprint density at radius 1 is 1.38 bits per heavy atom. The highest BCUT2D eigenvalue weighted by molar-refractivity contribution is 5.74. The summed E-state index contributed by atoms with van der Waals surface area (Å²) in [4.78, 5) is 26.7. The molecule has 2 aromatic rings. The largest absolute Gasteiger partial charge is 0.347 e. The summed E-state index contributed by atoms with van der Waals surface area (Å²) in [5, 5.41) is 0.558. The summed E-state index contributed by atoms with van der Waals surface area (Å²) in [6.45, 7) is 4.67. The van der Waals surface area contributed by atoms with E-state index in [1.54, 1.807) is 16.8 Å². The molecule has 0 aromatic carbocycles. The zero-order valence-electron chi connectivity index (χ0n) is 9.65. The SMILES string of the molecule is CC(C)Cn1c(=O)n(C)c(=O)c2cc[nH]c21. The van der Waals surface area contributed by atoms with E-state index in [9.17, 15) is 9.59 Å². The molecule has 0 saturated heterocycles. The van der Waals surface area contributed by atoms with E-state index in [4.69, 9.17) is 0 Å². The van der Waals surface area contributed by atoms with Crippen LogP contribution in [0.1, 0.15) is 13.8 Å². The summed E-state index contributed by atoms with van der Waals surface area (Å²) >= 11 is 0. The molecule has 0 aliphatic carbocycles. The number of nitrogens with zero attached hydrogens (tertiary/aromatic N) is 2. The molecule has 0 saturated carbocycles. The fourth-order valence-electron chi connectivity index (χ4n) is 1.84. The third-order valence-electron chi connectivity index (χ3n) is 2.60. The van der Waals surface area contributed by atoms with Crippen molar-refractivity contribution < 1.29 is 0 Å². The molecule has 16 heavy (non-hydrogen) atoms. The second kappa shape index (κ2) is 3.66. The summed E-state index contributed by atoms with van der Waals surface area (Å²) in [6.07, 6.45) is 1.68. The van der Waals surface area contributed by atoms with Crippen molar-refractivity contribution in [3.05, 3.63) is 33.1 Å². The number of H-pyrrole nitrogens is 1. The monoisotopic (exact) mass is 221 g/mol. The van der Waals surface area contributed by atoms with Crippen LogP contribution in [0, 0.1) is 5.92 Å². The number of hydrogen-bond donors (Lipinski definition) is 1. The molecule has 0 amide bonds. The van der Waals surface area contributed by atoms with E-state index in [-0.39, 0.29) is 11.2 Å².